The number of anilines is 2. The summed E-state index contributed by atoms with van der Waals surface area (Å²) in [6, 6.07) is 13.6. The van der Waals surface area contributed by atoms with Gasteiger partial charge in [0.15, 0.2) is 6.61 Å². The van der Waals surface area contributed by atoms with Crippen molar-refractivity contribution in [1.29, 1.82) is 0 Å². The van der Waals surface area contributed by atoms with Crippen molar-refractivity contribution < 1.29 is 19.0 Å². The number of hydrogen-bond donors (Lipinski definition) is 1. The maximum atomic E-state index is 12.5. The van der Waals surface area contributed by atoms with E-state index in [2.05, 4.69) is 36.2 Å². The molecule has 6 heteroatoms. The predicted octanol–water partition coefficient (Wildman–Crippen LogP) is 4.06. The third kappa shape index (κ3) is 5.64. The van der Waals surface area contributed by atoms with E-state index in [0.717, 1.165) is 25.2 Å². The topological polar surface area (TPSA) is 60.0 Å². The lowest BCUT2D eigenvalue weighted by molar-refractivity contribution is -0.118. The fraction of sp³-hybridized carbons (Fsp3) is 0.435. The maximum absolute atomic E-state index is 12.5. The standard InChI is InChI=1S/C23H30N2O4/c1-4-17(2)18-5-7-19(8-6-18)29-16-23(26)24-21-15-20(27-3)9-10-22(21)25-11-13-28-14-12-25/h5-10,15,17H,4,11-14,16H2,1-3H3,(H,24,26)/t17-/m0/s1. The van der Waals surface area contributed by atoms with Crippen LogP contribution in [0.1, 0.15) is 31.7 Å². The molecule has 156 valence electrons. The summed E-state index contributed by atoms with van der Waals surface area (Å²) in [4.78, 5) is 14.7. The molecule has 1 amide bonds. The fourth-order valence-electron chi connectivity index (χ4n) is 3.29. The lowest BCUT2D eigenvalue weighted by Gasteiger charge is -2.30. The zero-order valence-electron chi connectivity index (χ0n) is 17.4. The van der Waals surface area contributed by atoms with Gasteiger partial charge in [-0.25, -0.2) is 0 Å². The molecule has 1 fully saturated rings. The van der Waals surface area contributed by atoms with Gasteiger partial charge in [0, 0.05) is 19.2 Å². The quantitative estimate of drug-likeness (QED) is 0.727. The van der Waals surface area contributed by atoms with Crippen LogP contribution in [0.2, 0.25) is 0 Å². The number of methoxy groups -OCH3 is 1. The molecular weight excluding hydrogens is 368 g/mol. The summed E-state index contributed by atoms with van der Waals surface area (Å²) in [5.74, 6) is 1.68. The van der Waals surface area contributed by atoms with Crippen LogP contribution in [0.15, 0.2) is 42.5 Å². The highest BCUT2D eigenvalue weighted by Gasteiger charge is 2.17. The number of morpholine rings is 1. The van der Waals surface area contributed by atoms with E-state index in [1.165, 1.54) is 5.56 Å². The van der Waals surface area contributed by atoms with Crippen molar-refractivity contribution in [3.8, 4) is 11.5 Å². The first-order valence-corrected chi connectivity index (χ1v) is 10.1. The third-order valence-electron chi connectivity index (χ3n) is 5.26. The molecule has 3 rings (SSSR count). The zero-order chi connectivity index (χ0) is 20.6. The molecule has 0 radical (unpaired) electrons. The first kappa shape index (κ1) is 21.0. The average Bonchev–Trinajstić information content (AvgIpc) is 2.78. The highest BCUT2D eigenvalue weighted by atomic mass is 16.5. The van der Waals surface area contributed by atoms with Gasteiger partial charge < -0.3 is 24.4 Å². The summed E-state index contributed by atoms with van der Waals surface area (Å²) in [6.45, 7) is 7.24. The number of amides is 1. The van der Waals surface area contributed by atoms with E-state index in [-0.39, 0.29) is 12.5 Å². The number of carbonyl (C=O) groups is 1. The lowest BCUT2D eigenvalue weighted by Crippen LogP contribution is -2.37. The van der Waals surface area contributed by atoms with Crippen LogP contribution in [-0.2, 0) is 9.53 Å². The first-order chi connectivity index (χ1) is 14.1. The van der Waals surface area contributed by atoms with Gasteiger partial charge in [0.05, 0.1) is 31.7 Å². The molecule has 1 aliphatic heterocycles. The summed E-state index contributed by atoms with van der Waals surface area (Å²) < 4.78 is 16.4. The molecule has 1 heterocycles. The van der Waals surface area contributed by atoms with Gasteiger partial charge in [-0.1, -0.05) is 26.0 Å². The second-order valence-electron chi connectivity index (χ2n) is 7.20. The lowest BCUT2D eigenvalue weighted by atomic mass is 9.99. The molecule has 1 N–H and O–H groups in total. The molecule has 0 spiro atoms. The number of nitrogens with one attached hydrogen (secondary N) is 1. The maximum Gasteiger partial charge on any atom is 0.262 e. The van der Waals surface area contributed by atoms with Crippen molar-refractivity contribution in [3.63, 3.8) is 0 Å². The Kier molecular flexibility index (Phi) is 7.36. The number of benzene rings is 2. The number of ether oxygens (including phenoxy) is 3. The Labute approximate surface area is 172 Å². The number of hydrogen-bond acceptors (Lipinski definition) is 5. The van der Waals surface area contributed by atoms with Crippen LogP contribution >= 0.6 is 0 Å². The Bertz CT molecular complexity index is 801. The van der Waals surface area contributed by atoms with Gasteiger partial charge in [0.2, 0.25) is 0 Å². The molecule has 1 saturated heterocycles. The summed E-state index contributed by atoms with van der Waals surface area (Å²) in [5.41, 5.74) is 2.95. The van der Waals surface area contributed by atoms with Crippen LogP contribution in [0.25, 0.3) is 0 Å². The van der Waals surface area contributed by atoms with Gasteiger partial charge in [-0.3, -0.25) is 4.79 Å². The van der Waals surface area contributed by atoms with E-state index in [1.807, 2.05) is 30.3 Å². The van der Waals surface area contributed by atoms with Gasteiger partial charge in [0.1, 0.15) is 11.5 Å². The van der Waals surface area contributed by atoms with Gasteiger partial charge >= 0.3 is 0 Å². The highest BCUT2D eigenvalue weighted by Crippen LogP contribution is 2.31. The van der Waals surface area contributed by atoms with Crippen LogP contribution in [0.3, 0.4) is 0 Å². The second kappa shape index (κ2) is 10.2. The van der Waals surface area contributed by atoms with Gasteiger partial charge in [0.25, 0.3) is 5.91 Å². The van der Waals surface area contributed by atoms with Crippen LogP contribution in [-0.4, -0.2) is 45.9 Å². The van der Waals surface area contributed by atoms with Crippen LogP contribution in [0.5, 0.6) is 11.5 Å². The molecule has 0 saturated carbocycles. The van der Waals surface area contributed by atoms with E-state index in [4.69, 9.17) is 14.2 Å². The molecule has 29 heavy (non-hydrogen) atoms. The van der Waals surface area contributed by atoms with Gasteiger partial charge in [-0.15, -0.1) is 0 Å². The largest absolute Gasteiger partial charge is 0.497 e. The number of rotatable bonds is 8. The summed E-state index contributed by atoms with van der Waals surface area (Å²) in [5, 5.41) is 2.97. The van der Waals surface area contributed by atoms with E-state index >= 15 is 0 Å². The predicted molar refractivity (Wildman–Crippen MR) is 115 cm³/mol. The minimum absolute atomic E-state index is 0.0531. The van der Waals surface area contributed by atoms with Gasteiger partial charge in [-0.2, -0.15) is 0 Å². The van der Waals surface area contributed by atoms with E-state index < -0.39 is 0 Å². The Morgan fingerprint density at radius 1 is 1.14 bits per heavy atom. The fourth-order valence-corrected chi connectivity index (χ4v) is 3.29. The van der Waals surface area contributed by atoms with Crippen LogP contribution < -0.4 is 19.7 Å². The number of nitrogens with zero attached hydrogens (tertiary/aromatic N) is 1. The molecule has 0 bridgehead atoms. The minimum Gasteiger partial charge on any atom is -0.497 e. The zero-order valence-corrected chi connectivity index (χ0v) is 17.4. The summed E-state index contributed by atoms with van der Waals surface area (Å²) in [6.07, 6.45) is 1.09. The Hall–Kier alpha value is -2.73. The number of carbonyl (C=O) groups excluding carboxylic acids is 1. The molecule has 0 unspecified atom stereocenters. The van der Waals surface area contributed by atoms with E-state index in [0.29, 0.717) is 36.3 Å². The van der Waals surface area contributed by atoms with Crippen molar-refractivity contribution in [3.05, 3.63) is 48.0 Å². The Morgan fingerprint density at radius 3 is 2.48 bits per heavy atom. The molecule has 1 aliphatic rings. The van der Waals surface area contributed by atoms with Gasteiger partial charge in [-0.05, 0) is 42.2 Å². The monoisotopic (exact) mass is 398 g/mol. The SMILES string of the molecule is CC[C@H](C)c1ccc(OCC(=O)Nc2cc(OC)ccc2N2CCOCC2)cc1. The van der Waals surface area contributed by atoms with Crippen molar-refractivity contribution >= 4 is 17.3 Å². The van der Waals surface area contributed by atoms with Crippen molar-refractivity contribution in [2.24, 2.45) is 0 Å². The highest BCUT2D eigenvalue weighted by molar-refractivity contribution is 5.95. The second-order valence-corrected chi connectivity index (χ2v) is 7.20. The molecule has 2 aromatic rings. The van der Waals surface area contributed by atoms with Crippen LogP contribution in [0, 0.1) is 0 Å². The molecule has 0 aromatic heterocycles. The van der Waals surface area contributed by atoms with Crippen LogP contribution in [0.4, 0.5) is 11.4 Å². The minimum atomic E-state index is -0.209. The smallest absolute Gasteiger partial charge is 0.262 e. The molecule has 0 aliphatic carbocycles. The third-order valence-corrected chi connectivity index (χ3v) is 5.26. The molecule has 6 nitrogen and oxygen atoms in total. The average molecular weight is 399 g/mol. The summed E-state index contributed by atoms with van der Waals surface area (Å²) >= 11 is 0. The van der Waals surface area contributed by atoms with Crippen molar-refractivity contribution in [1.82, 2.24) is 0 Å². The van der Waals surface area contributed by atoms with Crippen molar-refractivity contribution in [2.75, 3.05) is 50.2 Å². The van der Waals surface area contributed by atoms with E-state index in [9.17, 15) is 4.79 Å². The first-order valence-electron chi connectivity index (χ1n) is 10.1. The molecular formula is C23H30N2O4. The van der Waals surface area contributed by atoms with Crippen molar-refractivity contribution in [2.45, 2.75) is 26.2 Å². The summed E-state index contributed by atoms with van der Waals surface area (Å²) in [7, 11) is 1.61. The molecule has 2 aromatic carbocycles. The normalized spacial score (nSPS) is 14.9. The Balaban J connectivity index is 1.63. The van der Waals surface area contributed by atoms with E-state index in [1.54, 1.807) is 7.11 Å². The molecule has 1 atom stereocenters. The Morgan fingerprint density at radius 2 is 1.83 bits per heavy atom.